The molecule has 0 fully saturated rings. The predicted octanol–water partition coefficient (Wildman–Crippen LogP) is 7.47. The Morgan fingerprint density at radius 1 is 0.515 bits per heavy atom. The minimum atomic E-state index is -0.371. The number of aryl methyl sites for hydroxylation is 4. The van der Waals surface area contributed by atoms with E-state index in [-0.39, 0.29) is 5.41 Å². The van der Waals surface area contributed by atoms with Gasteiger partial charge in [-0.2, -0.15) is 0 Å². The van der Waals surface area contributed by atoms with Crippen molar-refractivity contribution in [2.24, 2.45) is 0 Å². The van der Waals surface area contributed by atoms with Gasteiger partial charge in [0.15, 0.2) is 0 Å². The van der Waals surface area contributed by atoms with Crippen molar-refractivity contribution in [1.82, 2.24) is 0 Å². The molecular weight excluding hydrogens is 400 g/mol. The number of benzene rings is 4. The van der Waals surface area contributed by atoms with Crippen LogP contribution in [0, 0.1) is 27.7 Å². The first-order valence-corrected chi connectivity index (χ1v) is 11.8. The van der Waals surface area contributed by atoms with E-state index in [1.54, 1.807) is 0 Å². The molecule has 0 saturated heterocycles. The van der Waals surface area contributed by atoms with Gasteiger partial charge in [-0.05, 0) is 73.2 Å². The Kier molecular flexibility index (Phi) is 4.11. The minimum absolute atomic E-state index is 0.371. The molecule has 6 rings (SSSR count). The normalized spacial score (nSPS) is 15.1. The molecule has 0 unspecified atom stereocenters. The van der Waals surface area contributed by atoms with Crippen LogP contribution in [0.15, 0.2) is 72.8 Å². The van der Waals surface area contributed by atoms with Gasteiger partial charge >= 0.3 is 0 Å². The zero-order valence-electron chi connectivity index (χ0n) is 20.3. The van der Waals surface area contributed by atoms with Gasteiger partial charge in [-0.1, -0.05) is 71.8 Å². The van der Waals surface area contributed by atoms with Crippen LogP contribution in [-0.2, 0) is 5.41 Å². The van der Waals surface area contributed by atoms with Gasteiger partial charge in [-0.15, -0.1) is 0 Å². The highest BCUT2D eigenvalue weighted by Crippen LogP contribution is 2.62. The van der Waals surface area contributed by atoms with Gasteiger partial charge in [-0.3, -0.25) is 0 Å². The van der Waals surface area contributed by atoms with Crippen molar-refractivity contribution >= 4 is 22.7 Å². The molecule has 0 N–H and O–H groups in total. The number of anilines is 4. The van der Waals surface area contributed by atoms with E-state index in [4.69, 9.17) is 0 Å². The van der Waals surface area contributed by atoms with Crippen LogP contribution < -0.4 is 9.80 Å². The lowest BCUT2D eigenvalue weighted by molar-refractivity contribution is 0.707. The zero-order valence-corrected chi connectivity index (χ0v) is 20.3. The van der Waals surface area contributed by atoms with Crippen LogP contribution in [-0.4, -0.2) is 14.1 Å². The average Bonchev–Trinajstić information content (AvgIpc) is 2.79. The first-order chi connectivity index (χ1) is 15.9. The van der Waals surface area contributed by atoms with Gasteiger partial charge in [0.25, 0.3) is 0 Å². The summed E-state index contributed by atoms with van der Waals surface area (Å²) in [6.45, 7) is 8.91. The maximum Gasteiger partial charge on any atom is 0.0782 e. The molecule has 0 aromatic heterocycles. The lowest BCUT2D eigenvalue weighted by Crippen LogP contribution is -2.42. The van der Waals surface area contributed by atoms with E-state index in [1.165, 1.54) is 67.3 Å². The molecule has 0 amide bonds. The van der Waals surface area contributed by atoms with E-state index in [0.29, 0.717) is 0 Å². The fourth-order valence-corrected chi connectivity index (χ4v) is 6.41. The summed E-state index contributed by atoms with van der Waals surface area (Å²) >= 11 is 0. The zero-order chi connectivity index (χ0) is 23.1. The van der Waals surface area contributed by atoms with Crippen molar-refractivity contribution in [1.29, 1.82) is 0 Å². The molecular formula is C31H30N2. The molecule has 0 aliphatic carbocycles. The van der Waals surface area contributed by atoms with E-state index in [2.05, 4.69) is 124 Å². The van der Waals surface area contributed by atoms with Crippen molar-refractivity contribution in [2.45, 2.75) is 33.1 Å². The molecule has 0 bridgehead atoms. The molecule has 4 aromatic rings. The van der Waals surface area contributed by atoms with Crippen LogP contribution in [0.5, 0.6) is 0 Å². The summed E-state index contributed by atoms with van der Waals surface area (Å²) in [5, 5.41) is 0. The standard InChI is InChI=1S/C31H30N2/c1-19-13-15-27-25(17-19)31(23-11-7-9-21(3)29(23)32(27)5)24-12-8-10-22(4)30(24)33(6)28-16-14-20(2)18-26(28)31/h7-18H,1-6H3. The molecule has 0 radical (unpaired) electrons. The number of hydrogen-bond acceptors (Lipinski definition) is 2. The summed E-state index contributed by atoms with van der Waals surface area (Å²) < 4.78 is 0. The molecule has 2 nitrogen and oxygen atoms in total. The summed E-state index contributed by atoms with van der Waals surface area (Å²) in [7, 11) is 4.44. The molecule has 1 spiro atoms. The van der Waals surface area contributed by atoms with Crippen LogP contribution >= 0.6 is 0 Å². The first-order valence-electron chi connectivity index (χ1n) is 11.8. The minimum Gasteiger partial charge on any atom is -0.344 e. The Bertz CT molecular complexity index is 1330. The van der Waals surface area contributed by atoms with Gasteiger partial charge in [0, 0.05) is 36.8 Å². The van der Waals surface area contributed by atoms with Crippen molar-refractivity contribution in [3.8, 4) is 0 Å². The Balaban J connectivity index is 1.91. The Morgan fingerprint density at radius 2 is 0.939 bits per heavy atom. The third-order valence-electron chi connectivity index (χ3n) is 7.79. The summed E-state index contributed by atoms with van der Waals surface area (Å²) in [6, 6.07) is 27.6. The summed E-state index contributed by atoms with van der Waals surface area (Å²) in [6.07, 6.45) is 0. The third-order valence-corrected chi connectivity index (χ3v) is 7.79. The second-order valence-electron chi connectivity index (χ2n) is 9.85. The maximum atomic E-state index is 2.42. The molecule has 0 atom stereocenters. The van der Waals surface area contributed by atoms with Crippen LogP contribution in [0.3, 0.4) is 0 Å². The van der Waals surface area contributed by atoms with Gasteiger partial charge < -0.3 is 9.80 Å². The lowest BCUT2D eigenvalue weighted by Gasteiger charge is -2.51. The summed E-state index contributed by atoms with van der Waals surface area (Å²) in [5.74, 6) is 0. The second-order valence-corrected chi connectivity index (χ2v) is 9.85. The van der Waals surface area contributed by atoms with Gasteiger partial charge in [0.2, 0.25) is 0 Å². The summed E-state index contributed by atoms with van der Waals surface area (Å²) in [4.78, 5) is 4.79. The lowest BCUT2D eigenvalue weighted by atomic mass is 9.59. The van der Waals surface area contributed by atoms with Gasteiger partial charge in [0.1, 0.15) is 0 Å². The van der Waals surface area contributed by atoms with E-state index in [0.717, 1.165) is 0 Å². The number of rotatable bonds is 0. The van der Waals surface area contributed by atoms with Crippen LogP contribution in [0.25, 0.3) is 0 Å². The monoisotopic (exact) mass is 430 g/mol. The van der Waals surface area contributed by atoms with Crippen molar-refractivity contribution in [3.05, 3.63) is 117 Å². The molecule has 164 valence electrons. The average molecular weight is 431 g/mol. The third kappa shape index (κ3) is 2.44. The number of para-hydroxylation sites is 2. The van der Waals surface area contributed by atoms with Crippen LogP contribution in [0.1, 0.15) is 44.5 Å². The molecule has 4 aromatic carbocycles. The molecule has 2 heterocycles. The van der Waals surface area contributed by atoms with Gasteiger partial charge in [-0.25, -0.2) is 0 Å². The molecule has 33 heavy (non-hydrogen) atoms. The number of nitrogens with zero attached hydrogens (tertiary/aromatic N) is 2. The topological polar surface area (TPSA) is 6.48 Å². The van der Waals surface area contributed by atoms with Crippen molar-refractivity contribution in [3.63, 3.8) is 0 Å². The van der Waals surface area contributed by atoms with Gasteiger partial charge in [0.05, 0.1) is 5.41 Å². The number of hydrogen-bond donors (Lipinski definition) is 0. The fraction of sp³-hybridized carbons (Fsp3) is 0.226. The molecule has 2 heteroatoms. The predicted molar refractivity (Wildman–Crippen MR) is 140 cm³/mol. The second kappa shape index (κ2) is 6.74. The van der Waals surface area contributed by atoms with Crippen molar-refractivity contribution in [2.75, 3.05) is 23.9 Å². The highest BCUT2D eigenvalue weighted by molar-refractivity contribution is 5.92. The maximum absolute atomic E-state index is 2.42. The van der Waals surface area contributed by atoms with E-state index >= 15 is 0 Å². The highest BCUT2D eigenvalue weighted by Gasteiger charge is 2.51. The molecule has 0 saturated carbocycles. The largest absolute Gasteiger partial charge is 0.344 e. The SMILES string of the molecule is Cc1ccc2c(c1)C1(c3cc(C)ccc3N(C)c3c(C)cccc31)c1cccc(C)c1N2C. The van der Waals surface area contributed by atoms with Crippen molar-refractivity contribution < 1.29 is 0 Å². The fourth-order valence-electron chi connectivity index (χ4n) is 6.41. The Morgan fingerprint density at radius 3 is 1.36 bits per heavy atom. The Hall–Kier alpha value is -3.52. The molecule has 2 aliphatic heterocycles. The smallest absolute Gasteiger partial charge is 0.0782 e. The van der Waals surface area contributed by atoms with Crippen LogP contribution in [0.2, 0.25) is 0 Å². The molecule has 2 aliphatic rings. The number of fused-ring (bicyclic) bond motifs is 8. The van der Waals surface area contributed by atoms with E-state index in [1.807, 2.05) is 0 Å². The van der Waals surface area contributed by atoms with E-state index < -0.39 is 0 Å². The summed E-state index contributed by atoms with van der Waals surface area (Å²) in [5.41, 5.74) is 15.5. The quantitative estimate of drug-likeness (QED) is 0.285. The first kappa shape index (κ1) is 20.1. The van der Waals surface area contributed by atoms with E-state index in [9.17, 15) is 0 Å². The van der Waals surface area contributed by atoms with Crippen LogP contribution in [0.4, 0.5) is 22.7 Å². The Labute approximate surface area is 197 Å². The highest BCUT2D eigenvalue weighted by atomic mass is 15.1.